The molecule has 0 bridgehead atoms. The molecule has 5 N–H and O–H groups in total. The van der Waals surface area contributed by atoms with E-state index in [9.17, 15) is 9.90 Å². The van der Waals surface area contributed by atoms with Gasteiger partial charge < -0.3 is 21.4 Å². The predicted octanol–water partition coefficient (Wildman–Crippen LogP) is 1.55. The Morgan fingerprint density at radius 3 is 2.74 bits per heavy atom. The summed E-state index contributed by atoms with van der Waals surface area (Å²) in [6.45, 7) is 3.59. The maximum Gasteiger partial charge on any atom is 0.252 e. The Bertz CT molecular complexity index is 515. The van der Waals surface area contributed by atoms with Gasteiger partial charge in [-0.2, -0.15) is 0 Å². The van der Waals surface area contributed by atoms with Crippen molar-refractivity contribution in [2.24, 2.45) is 16.3 Å². The number of nitrogens with one attached hydrogen (secondary N) is 1. The Morgan fingerprint density at radius 2 is 2.16 bits per heavy atom. The van der Waals surface area contributed by atoms with Crippen LogP contribution in [-0.4, -0.2) is 28.6 Å². The molecule has 19 heavy (non-hydrogen) atoms. The highest BCUT2D eigenvalue weighted by Crippen LogP contribution is 2.21. The van der Waals surface area contributed by atoms with Gasteiger partial charge >= 0.3 is 0 Å². The van der Waals surface area contributed by atoms with E-state index in [1.165, 1.54) is 18.2 Å². The zero-order chi connectivity index (χ0) is 14.6. The number of phenols is 1. The Labute approximate surface area is 115 Å². The van der Waals surface area contributed by atoms with Crippen molar-refractivity contribution in [2.45, 2.75) is 13.8 Å². The van der Waals surface area contributed by atoms with E-state index < -0.39 is 11.3 Å². The first-order valence-electron chi connectivity index (χ1n) is 5.52. The van der Waals surface area contributed by atoms with Gasteiger partial charge in [0.1, 0.15) is 11.6 Å². The summed E-state index contributed by atoms with van der Waals surface area (Å²) in [7, 11) is 0. The van der Waals surface area contributed by atoms with E-state index in [0.717, 1.165) is 0 Å². The normalized spacial score (nSPS) is 12.3. The van der Waals surface area contributed by atoms with Crippen molar-refractivity contribution in [3.8, 4) is 5.75 Å². The number of hydrogen-bond acceptors (Lipinski definition) is 4. The van der Waals surface area contributed by atoms with Crippen LogP contribution >= 0.6 is 11.6 Å². The molecule has 1 aromatic rings. The second-order valence-corrected chi connectivity index (χ2v) is 5.12. The van der Waals surface area contributed by atoms with Gasteiger partial charge in [-0.05, 0) is 18.2 Å². The van der Waals surface area contributed by atoms with E-state index >= 15 is 0 Å². The number of carbonyl (C=O) groups is 1. The Morgan fingerprint density at radius 1 is 1.53 bits per heavy atom. The van der Waals surface area contributed by atoms with Gasteiger partial charge in [0.05, 0.1) is 10.6 Å². The van der Waals surface area contributed by atoms with Gasteiger partial charge in [0.25, 0.3) is 5.91 Å². The molecule has 0 unspecified atom stereocenters. The molecule has 104 valence electrons. The van der Waals surface area contributed by atoms with Crippen molar-refractivity contribution in [3.63, 3.8) is 0 Å². The van der Waals surface area contributed by atoms with E-state index in [1.807, 2.05) is 0 Å². The Balaban J connectivity index is 2.79. The maximum absolute atomic E-state index is 11.9. The number of rotatable bonds is 4. The second-order valence-electron chi connectivity index (χ2n) is 4.72. The van der Waals surface area contributed by atoms with Crippen LogP contribution < -0.4 is 11.1 Å². The molecule has 0 saturated heterocycles. The molecule has 0 heterocycles. The summed E-state index contributed by atoms with van der Waals surface area (Å²) in [6.07, 6.45) is 0. The van der Waals surface area contributed by atoms with Crippen LogP contribution in [-0.2, 0) is 0 Å². The van der Waals surface area contributed by atoms with Crippen LogP contribution in [0.1, 0.15) is 24.2 Å². The van der Waals surface area contributed by atoms with Gasteiger partial charge in [-0.25, -0.2) is 0 Å². The molecule has 0 aromatic heterocycles. The Hall–Kier alpha value is -1.95. The van der Waals surface area contributed by atoms with Crippen molar-refractivity contribution in [1.29, 1.82) is 0 Å². The summed E-state index contributed by atoms with van der Waals surface area (Å²) < 4.78 is 0. The molecule has 0 aliphatic heterocycles. The molecular formula is C12H16ClN3O3. The first-order chi connectivity index (χ1) is 8.77. The van der Waals surface area contributed by atoms with Crippen molar-refractivity contribution >= 4 is 23.3 Å². The highest BCUT2D eigenvalue weighted by Gasteiger charge is 2.25. The lowest BCUT2D eigenvalue weighted by atomic mass is 9.92. The molecule has 0 aliphatic rings. The minimum absolute atomic E-state index is 0.00908. The lowest BCUT2D eigenvalue weighted by Crippen LogP contribution is -2.42. The number of benzene rings is 1. The van der Waals surface area contributed by atoms with Crippen LogP contribution in [0.2, 0.25) is 5.02 Å². The number of amidine groups is 1. The fourth-order valence-corrected chi connectivity index (χ4v) is 1.51. The van der Waals surface area contributed by atoms with E-state index in [-0.39, 0.29) is 28.7 Å². The molecule has 7 heteroatoms. The van der Waals surface area contributed by atoms with Gasteiger partial charge in [-0.3, -0.25) is 4.79 Å². The topological polar surface area (TPSA) is 108 Å². The lowest BCUT2D eigenvalue weighted by Gasteiger charge is -2.23. The monoisotopic (exact) mass is 285 g/mol. The van der Waals surface area contributed by atoms with Crippen molar-refractivity contribution in [1.82, 2.24) is 5.32 Å². The smallest absolute Gasteiger partial charge is 0.252 e. The number of hydrogen-bond donors (Lipinski definition) is 4. The largest absolute Gasteiger partial charge is 0.508 e. The summed E-state index contributed by atoms with van der Waals surface area (Å²) in [5.74, 6) is -0.486. The third kappa shape index (κ3) is 3.75. The summed E-state index contributed by atoms with van der Waals surface area (Å²) >= 11 is 5.87. The zero-order valence-corrected chi connectivity index (χ0v) is 11.4. The number of amides is 1. The first-order valence-corrected chi connectivity index (χ1v) is 5.90. The van der Waals surface area contributed by atoms with E-state index in [2.05, 4.69) is 10.5 Å². The van der Waals surface area contributed by atoms with Crippen LogP contribution in [0, 0.1) is 5.41 Å². The number of nitrogens with two attached hydrogens (primary N) is 1. The third-order valence-corrected chi connectivity index (χ3v) is 3.02. The molecule has 6 nitrogen and oxygen atoms in total. The maximum atomic E-state index is 11.9. The van der Waals surface area contributed by atoms with Crippen molar-refractivity contribution in [2.75, 3.05) is 6.54 Å². The van der Waals surface area contributed by atoms with Gasteiger partial charge in [0.2, 0.25) is 0 Å². The van der Waals surface area contributed by atoms with Gasteiger partial charge in [0.15, 0.2) is 0 Å². The summed E-state index contributed by atoms with van der Waals surface area (Å²) in [4.78, 5) is 11.9. The summed E-state index contributed by atoms with van der Waals surface area (Å²) in [5, 5.41) is 23.7. The van der Waals surface area contributed by atoms with E-state index in [1.54, 1.807) is 13.8 Å². The predicted molar refractivity (Wildman–Crippen MR) is 72.6 cm³/mol. The quantitative estimate of drug-likeness (QED) is 0.291. The van der Waals surface area contributed by atoms with Crippen LogP contribution in [0.25, 0.3) is 0 Å². The van der Waals surface area contributed by atoms with E-state index in [0.29, 0.717) is 0 Å². The molecule has 0 fully saturated rings. The van der Waals surface area contributed by atoms with Crippen LogP contribution in [0.5, 0.6) is 5.75 Å². The molecule has 1 rings (SSSR count). The molecule has 1 amide bonds. The third-order valence-electron chi connectivity index (χ3n) is 2.69. The summed E-state index contributed by atoms with van der Waals surface area (Å²) in [6, 6.07) is 4.09. The highest BCUT2D eigenvalue weighted by atomic mass is 35.5. The minimum Gasteiger partial charge on any atom is -0.508 e. The fourth-order valence-electron chi connectivity index (χ4n) is 1.31. The van der Waals surface area contributed by atoms with Gasteiger partial charge in [0, 0.05) is 12.0 Å². The molecule has 0 spiro atoms. The number of oxime groups is 1. The van der Waals surface area contributed by atoms with Crippen LogP contribution in [0.15, 0.2) is 23.4 Å². The SMILES string of the molecule is CC(C)(CNC(=O)c1cc(O)ccc1Cl)/C(N)=N/O. The van der Waals surface area contributed by atoms with E-state index in [4.69, 9.17) is 22.5 Å². The number of halogens is 1. The lowest BCUT2D eigenvalue weighted by molar-refractivity contribution is 0.0944. The first kappa shape index (κ1) is 15.1. The molecule has 0 radical (unpaired) electrons. The molecule has 1 aromatic carbocycles. The number of carbonyl (C=O) groups excluding carboxylic acids is 1. The van der Waals surface area contributed by atoms with Gasteiger partial charge in [-0.1, -0.05) is 30.6 Å². The number of phenolic OH excluding ortho intramolecular Hbond substituents is 1. The molecule has 0 saturated carbocycles. The van der Waals surface area contributed by atoms with Crippen LogP contribution in [0.3, 0.4) is 0 Å². The zero-order valence-electron chi connectivity index (χ0n) is 10.6. The molecule has 0 aliphatic carbocycles. The Kier molecular flexibility index (Phi) is 4.61. The second kappa shape index (κ2) is 5.79. The van der Waals surface area contributed by atoms with Crippen molar-refractivity contribution in [3.05, 3.63) is 28.8 Å². The standard InChI is InChI=1S/C12H16ClN3O3/c1-12(2,11(14)16-19)6-15-10(18)8-5-7(17)3-4-9(8)13/h3-5,17,19H,6H2,1-2H3,(H2,14,16)(H,15,18). The summed E-state index contributed by atoms with van der Waals surface area (Å²) in [5.41, 5.74) is 4.98. The number of aromatic hydroxyl groups is 1. The van der Waals surface area contributed by atoms with Gasteiger partial charge in [-0.15, -0.1) is 0 Å². The number of nitrogens with zero attached hydrogens (tertiary/aromatic N) is 1. The average molecular weight is 286 g/mol. The minimum atomic E-state index is -0.701. The van der Waals surface area contributed by atoms with Crippen LogP contribution in [0.4, 0.5) is 0 Å². The average Bonchev–Trinajstić information content (AvgIpc) is 2.37. The fraction of sp³-hybridized carbons (Fsp3) is 0.333. The molecule has 0 atom stereocenters. The van der Waals surface area contributed by atoms with Crippen molar-refractivity contribution < 1.29 is 15.1 Å². The molecular weight excluding hydrogens is 270 g/mol. The highest BCUT2D eigenvalue weighted by molar-refractivity contribution is 6.33.